The Balaban J connectivity index is 1.61. The van der Waals surface area contributed by atoms with Gasteiger partial charge in [0.2, 0.25) is 0 Å². The molecule has 0 spiro atoms. The second-order valence-corrected chi connectivity index (χ2v) is 8.78. The Hall–Kier alpha value is -2.04. The van der Waals surface area contributed by atoms with Crippen molar-refractivity contribution in [2.24, 2.45) is 17.8 Å². The number of benzene rings is 2. The Bertz CT molecular complexity index is 864. The van der Waals surface area contributed by atoms with E-state index in [1.807, 2.05) is 0 Å². The minimum absolute atomic E-state index is 0.132. The molecule has 2 aromatic rings. The van der Waals surface area contributed by atoms with Crippen LogP contribution in [0.3, 0.4) is 0 Å². The second kappa shape index (κ2) is 8.00. The Morgan fingerprint density at radius 3 is 1.97 bits per heavy atom. The highest BCUT2D eigenvalue weighted by atomic mass is 19.1. The standard InChI is InChI=1S/C24H26F4O/c1-13-3-4-15-8-16(6-5-14(15)7-13)17-9-19(25)23(20(26)10-17)18-11-21(27)24(29-2)22(28)12-18/h9-16H,3-8H2,1-2H3. The first kappa shape index (κ1) is 20.2. The molecular weight excluding hydrogens is 380 g/mol. The molecule has 1 nitrogen and oxygen atoms in total. The zero-order valence-electron chi connectivity index (χ0n) is 16.8. The number of hydrogen-bond donors (Lipinski definition) is 0. The van der Waals surface area contributed by atoms with Crippen molar-refractivity contribution in [2.75, 3.05) is 7.11 Å². The van der Waals surface area contributed by atoms with Gasteiger partial charge >= 0.3 is 0 Å². The maximum Gasteiger partial charge on any atom is 0.190 e. The summed E-state index contributed by atoms with van der Waals surface area (Å²) in [6.07, 6.45) is 6.66. The van der Waals surface area contributed by atoms with Crippen LogP contribution < -0.4 is 4.74 Å². The third kappa shape index (κ3) is 3.88. The zero-order valence-corrected chi connectivity index (χ0v) is 16.8. The van der Waals surface area contributed by atoms with Crippen LogP contribution in [0, 0.1) is 41.0 Å². The molecule has 0 N–H and O–H groups in total. The highest BCUT2D eigenvalue weighted by Gasteiger charge is 2.35. The van der Waals surface area contributed by atoms with Crippen molar-refractivity contribution >= 4 is 0 Å². The van der Waals surface area contributed by atoms with Gasteiger partial charge in [-0.1, -0.05) is 13.3 Å². The molecule has 29 heavy (non-hydrogen) atoms. The fourth-order valence-corrected chi connectivity index (χ4v) is 5.43. The van der Waals surface area contributed by atoms with E-state index in [1.54, 1.807) is 0 Å². The quantitative estimate of drug-likeness (QED) is 0.488. The molecule has 0 heterocycles. The van der Waals surface area contributed by atoms with Crippen LogP contribution in [0.1, 0.15) is 56.9 Å². The summed E-state index contributed by atoms with van der Waals surface area (Å²) in [5.74, 6) is -1.86. The van der Waals surface area contributed by atoms with Gasteiger partial charge in [-0.15, -0.1) is 0 Å². The number of fused-ring (bicyclic) bond motifs is 1. The summed E-state index contributed by atoms with van der Waals surface area (Å²) >= 11 is 0. The monoisotopic (exact) mass is 406 g/mol. The Morgan fingerprint density at radius 2 is 1.34 bits per heavy atom. The van der Waals surface area contributed by atoms with E-state index in [0.29, 0.717) is 11.5 Å². The molecule has 4 atom stereocenters. The Labute approximate surface area is 169 Å². The van der Waals surface area contributed by atoms with Crippen molar-refractivity contribution in [3.8, 4) is 16.9 Å². The van der Waals surface area contributed by atoms with E-state index >= 15 is 0 Å². The number of methoxy groups -OCH3 is 1. The van der Waals surface area contributed by atoms with Crippen LogP contribution in [0.15, 0.2) is 24.3 Å². The van der Waals surface area contributed by atoms with Gasteiger partial charge in [-0.25, -0.2) is 17.6 Å². The predicted octanol–water partition coefficient (Wildman–Crippen LogP) is 7.24. The molecule has 5 heteroatoms. The molecule has 2 saturated carbocycles. The molecule has 2 aliphatic carbocycles. The maximum atomic E-state index is 14.9. The lowest BCUT2D eigenvalue weighted by Crippen LogP contribution is -2.29. The van der Waals surface area contributed by atoms with Crippen LogP contribution >= 0.6 is 0 Å². The molecule has 2 aromatic carbocycles. The third-order valence-corrected chi connectivity index (χ3v) is 6.90. The molecule has 0 amide bonds. The average molecular weight is 406 g/mol. The SMILES string of the molecule is COc1c(F)cc(-c2c(F)cc(C3CCC4CC(C)CCC4C3)cc2F)cc1F. The first-order valence-electron chi connectivity index (χ1n) is 10.4. The van der Waals surface area contributed by atoms with Gasteiger partial charge in [0, 0.05) is 0 Å². The maximum absolute atomic E-state index is 14.9. The van der Waals surface area contributed by atoms with E-state index in [2.05, 4.69) is 11.7 Å². The zero-order chi connectivity index (χ0) is 20.7. The summed E-state index contributed by atoms with van der Waals surface area (Å²) in [5.41, 5.74) is 0.0667. The fraction of sp³-hybridized carbons (Fsp3) is 0.500. The predicted molar refractivity (Wildman–Crippen MR) is 105 cm³/mol. The summed E-state index contributed by atoms with van der Waals surface area (Å²) in [6, 6.07) is 4.48. The van der Waals surface area contributed by atoms with Crippen LogP contribution in [0.2, 0.25) is 0 Å². The summed E-state index contributed by atoms with van der Waals surface area (Å²) in [6.45, 7) is 2.30. The minimum Gasteiger partial charge on any atom is -0.491 e. The van der Waals surface area contributed by atoms with Crippen LogP contribution in [0.5, 0.6) is 5.75 Å². The first-order chi connectivity index (χ1) is 13.9. The molecule has 0 aliphatic heterocycles. The number of halogens is 4. The lowest BCUT2D eigenvalue weighted by atomic mass is 9.64. The normalized spacial score (nSPS) is 26.8. The highest BCUT2D eigenvalue weighted by molar-refractivity contribution is 5.66. The average Bonchev–Trinajstić information content (AvgIpc) is 2.67. The van der Waals surface area contributed by atoms with E-state index in [-0.39, 0.29) is 11.5 Å². The van der Waals surface area contributed by atoms with Crippen molar-refractivity contribution in [3.05, 3.63) is 53.1 Å². The molecule has 0 aromatic heterocycles. The van der Waals surface area contributed by atoms with Gasteiger partial charge in [0.05, 0.1) is 12.7 Å². The topological polar surface area (TPSA) is 9.23 Å². The lowest BCUT2D eigenvalue weighted by molar-refractivity contribution is 0.124. The summed E-state index contributed by atoms with van der Waals surface area (Å²) in [4.78, 5) is 0. The smallest absolute Gasteiger partial charge is 0.190 e. The number of rotatable bonds is 3. The van der Waals surface area contributed by atoms with Crippen LogP contribution in [-0.4, -0.2) is 7.11 Å². The van der Waals surface area contributed by atoms with Crippen molar-refractivity contribution in [1.29, 1.82) is 0 Å². The van der Waals surface area contributed by atoms with Crippen LogP contribution in [-0.2, 0) is 0 Å². The largest absolute Gasteiger partial charge is 0.491 e. The fourth-order valence-electron chi connectivity index (χ4n) is 5.43. The number of hydrogen-bond acceptors (Lipinski definition) is 1. The molecule has 0 saturated heterocycles. The molecule has 2 fully saturated rings. The van der Waals surface area contributed by atoms with Crippen LogP contribution in [0.25, 0.3) is 11.1 Å². The molecule has 0 bridgehead atoms. The number of ether oxygens (including phenoxy) is 1. The molecular formula is C24H26F4O. The van der Waals surface area contributed by atoms with E-state index in [0.717, 1.165) is 50.3 Å². The van der Waals surface area contributed by atoms with Crippen molar-refractivity contribution in [1.82, 2.24) is 0 Å². The Morgan fingerprint density at radius 1 is 0.759 bits per heavy atom. The minimum atomic E-state index is -0.991. The summed E-state index contributed by atoms with van der Waals surface area (Å²) in [7, 11) is 1.14. The van der Waals surface area contributed by atoms with Crippen molar-refractivity contribution < 1.29 is 22.3 Å². The summed E-state index contributed by atoms with van der Waals surface area (Å²) in [5, 5.41) is 0. The van der Waals surface area contributed by atoms with Gasteiger partial charge in [0.1, 0.15) is 11.6 Å². The first-order valence-corrected chi connectivity index (χ1v) is 10.4. The van der Waals surface area contributed by atoms with Gasteiger partial charge in [-0.3, -0.25) is 0 Å². The second-order valence-electron chi connectivity index (χ2n) is 8.78. The van der Waals surface area contributed by atoms with Gasteiger partial charge in [0.15, 0.2) is 17.4 Å². The Kier molecular flexibility index (Phi) is 5.58. The van der Waals surface area contributed by atoms with E-state index in [9.17, 15) is 17.6 Å². The summed E-state index contributed by atoms with van der Waals surface area (Å²) < 4.78 is 62.4. The molecule has 4 rings (SSSR count). The highest BCUT2D eigenvalue weighted by Crippen LogP contribution is 2.48. The van der Waals surface area contributed by atoms with Gasteiger partial charge in [-0.05, 0) is 91.2 Å². The molecule has 156 valence electrons. The van der Waals surface area contributed by atoms with E-state index < -0.39 is 34.6 Å². The molecule has 4 unspecified atom stereocenters. The lowest BCUT2D eigenvalue weighted by Gasteiger charge is -2.41. The van der Waals surface area contributed by atoms with Crippen molar-refractivity contribution in [2.45, 2.75) is 51.4 Å². The van der Waals surface area contributed by atoms with Gasteiger partial charge < -0.3 is 4.74 Å². The van der Waals surface area contributed by atoms with Crippen molar-refractivity contribution in [3.63, 3.8) is 0 Å². The van der Waals surface area contributed by atoms with E-state index in [4.69, 9.17) is 0 Å². The van der Waals surface area contributed by atoms with E-state index in [1.165, 1.54) is 31.4 Å². The molecule has 2 aliphatic rings. The molecule has 0 radical (unpaired) electrons. The van der Waals surface area contributed by atoms with Gasteiger partial charge in [0.25, 0.3) is 0 Å². The third-order valence-electron chi connectivity index (χ3n) is 6.90. The van der Waals surface area contributed by atoms with Gasteiger partial charge in [-0.2, -0.15) is 0 Å². The van der Waals surface area contributed by atoms with Crippen LogP contribution in [0.4, 0.5) is 17.6 Å².